The summed E-state index contributed by atoms with van der Waals surface area (Å²) in [5, 5.41) is 0. The van der Waals surface area contributed by atoms with E-state index in [4.69, 9.17) is 0 Å². The second-order valence-electron chi connectivity index (χ2n) is 5.46. The number of rotatable bonds is 4. The molecule has 2 nitrogen and oxygen atoms in total. The van der Waals surface area contributed by atoms with E-state index in [0.29, 0.717) is 11.8 Å². The first-order chi connectivity index (χ1) is 8.08. The van der Waals surface area contributed by atoms with Crippen molar-refractivity contribution in [1.82, 2.24) is 9.97 Å². The number of nitrogens with zero attached hydrogens (tertiary/aromatic N) is 2. The Kier molecular flexibility index (Phi) is 3.77. The van der Waals surface area contributed by atoms with Crippen LogP contribution in [0, 0.1) is 11.8 Å². The summed E-state index contributed by atoms with van der Waals surface area (Å²) >= 11 is 1.75. The van der Waals surface area contributed by atoms with Gasteiger partial charge in [-0.05, 0) is 30.2 Å². The van der Waals surface area contributed by atoms with E-state index in [2.05, 4.69) is 43.9 Å². The van der Waals surface area contributed by atoms with E-state index >= 15 is 0 Å². The van der Waals surface area contributed by atoms with Crippen molar-refractivity contribution in [3.05, 3.63) is 23.0 Å². The molecule has 92 valence electrons. The SMILES string of the molecule is CC(C)Cc1ncc(CC(C)C)c2scnc12. The van der Waals surface area contributed by atoms with Gasteiger partial charge in [-0.1, -0.05) is 27.7 Å². The molecule has 0 amide bonds. The zero-order valence-electron chi connectivity index (χ0n) is 11.0. The van der Waals surface area contributed by atoms with Crippen LogP contribution in [-0.2, 0) is 12.8 Å². The molecule has 0 radical (unpaired) electrons. The summed E-state index contributed by atoms with van der Waals surface area (Å²) in [5.74, 6) is 1.29. The lowest BCUT2D eigenvalue weighted by Gasteiger charge is -2.09. The second kappa shape index (κ2) is 5.13. The van der Waals surface area contributed by atoms with Gasteiger partial charge in [-0.25, -0.2) is 4.98 Å². The van der Waals surface area contributed by atoms with Crippen molar-refractivity contribution in [3.8, 4) is 0 Å². The molecule has 0 aromatic carbocycles. The fourth-order valence-corrected chi connectivity index (χ4v) is 2.91. The first-order valence-corrected chi connectivity index (χ1v) is 7.15. The lowest BCUT2D eigenvalue weighted by Crippen LogP contribution is -2.01. The Morgan fingerprint density at radius 3 is 2.41 bits per heavy atom. The van der Waals surface area contributed by atoms with Gasteiger partial charge in [0.15, 0.2) is 0 Å². The van der Waals surface area contributed by atoms with Crippen LogP contribution in [0.4, 0.5) is 0 Å². The van der Waals surface area contributed by atoms with Gasteiger partial charge in [-0.15, -0.1) is 11.3 Å². The van der Waals surface area contributed by atoms with Gasteiger partial charge < -0.3 is 0 Å². The number of thiazole rings is 1. The Morgan fingerprint density at radius 1 is 1.06 bits per heavy atom. The maximum atomic E-state index is 4.62. The maximum absolute atomic E-state index is 4.62. The van der Waals surface area contributed by atoms with Gasteiger partial charge in [0.1, 0.15) is 5.52 Å². The van der Waals surface area contributed by atoms with E-state index in [9.17, 15) is 0 Å². The van der Waals surface area contributed by atoms with Crippen LogP contribution in [0.15, 0.2) is 11.7 Å². The first kappa shape index (κ1) is 12.5. The lowest BCUT2D eigenvalue weighted by atomic mass is 10.0. The standard InChI is InChI=1S/C14H20N2S/c1-9(2)5-11-7-15-12(6-10(3)4)13-14(11)17-8-16-13/h7-10H,5-6H2,1-4H3. The molecule has 0 bridgehead atoms. The third-order valence-corrected chi connectivity index (χ3v) is 3.64. The monoisotopic (exact) mass is 248 g/mol. The average molecular weight is 248 g/mol. The van der Waals surface area contributed by atoms with Crippen molar-refractivity contribution in [3.63, 3.8) is 0 Å². The van der Waals surface area contributed by atoms with Crippen molar-refractivity contribution in [2.45, 2.75) is 40.5 Å². The van der Waals surface area contributed by atoms with Gasteiger partial charge in [0.25, 0.3) is 0 Å². The van der Waals surface area contributed by atoms with Crippen LogP contribution < -0.4 is 0 Å². The van der Waals surface area contributed by atoms with Crippen molar-refractivity contribution < 1.29 is 0 Å². The van der Waals surface area contributed by atoms with Crippen LogP contribution in [0.1, 0.15) is 39.0 Å². The first-order valence-electron chi connectivity index (χ1n) is 6.28. The summed E-state index contributed by atoms with van der Waals surface area (Å²) in [6, 6.07) is 0. The second-order valence-corrected chi connectivity index (χ2v) is 6.31. The molecule has 17 heavy (non-hydrogen) atoms. The van der Waals surface area contributed by atoms with E-state index < -0.39 is 0 Å². The van der Waals surface area contributed by atoms with Gasteiger partial charge >= 0.3 is 0 Å². The van der Waals surface area contributed by atoms with E-state index in [1.54, 1.807) is 11.3 Å². The van der Waals surface area contributed by atoms with E-state index in [1.807, 2.05) is 5.51 Å². The maximum Gasteiger partial charge on any atom is 0.103 e. The normalized spacial score (nSPS) is 11.9. The summed E-state index contributed by atoms with van der Waals surface area (Å²) in [5.41, 5.74) is 5.58. The molecule has 0 aliphatic heterocycles. The number of hydrogen-bond donors (Lipinski definition) is 0. The highest BCUT2D eigenvalue weighted by atomic mass is 32.1. The minimum Gasteiger partial charge on any atom is -0.259 e. The molecule has 2 aromatic heterocycles. The Morgan fingerprint density at radius 2 is 1.76 bits per heavy atom. The zero-order chi connectivity index (χ0) is 12.4. The minimum atomic E-state index is 0.628. The molecule has 0 spiro atoms. The minimum absolute atomic E-state index is 0.628. The Balaban J connectivity index is 2.43. The molecular weight excluding hydrogens is 228 g/mol. The van der Waals surface area contributed by atoms with Gasteiger partial charge in [0.2, 0.25) is 0 Å². The fraction of sp³-hybridized carbons (Fsp3) is 0.571. The van der Waals surface area contributed by atoms with E-state index in [-0.39, 0.29) is 0 Å². The van der Waals surface area contributed by atoms with Crippen LogP contribution in [0.3, 0.4) is 0 Å². The molecule has 2 heterocycles. The van der Waals surface area contributed by atoms with Crippen molar-refractivity contribution in [1.29, 1.82) is 0 Å². The molecule has 0 unspecified atom stereocenters. The highest BCUT2D eigenvalue weighted by molar-refractivity contribution is 7.17. The Hall–Kier alpha value is -0.960. The molecular formula is C14H20N2S. The smallest absolute Gasteiger partial charge is 0.103 e. The van der Waals surface area contributed by atoms with Crippen molar-refractivity contribution >= 4 is 21.6 Å². The Labute approximate surface area is 107 Å². The van der Waals surface area contributed by atoms with Crippen LogP contribution in [0.5, 0.6) is 0 Å². The van der Waals surface area contributed by atoms with Crippen LogP contribution >= 0.6 is 11.3 Å². The van der Waals surface area contributed by atoms with Crippen molar-refractivity contribution in [2.75, 3.05) is 0 Å². The topological polar surface area (TPSA) is 25.8 Å². The average Bonchev–Trinajstić information content (AvgIpc) is 2.69. The molecule has 3 heteroatoms. The number of pyridine rings is 1. The lowest BCUT2D eigenvalue weighted by molar-refractivity contribution is 0.633. The van der Waals surface area contributed by atoms with Crippen LogP contribution in [0.2, 0.25) is 0 Å². The summed E-state index contributed by atoms with van der Waals surface area (Å²) < 4.78 is 1.34. The molecule has 0 saturated carbocycles. The summed E-state index contributed by atoms with van der Waals surface area (Å²) in [6.45, 7) is 8.94. The largest absolute Gasteiger partial charge is 0.259 e. The zero-order valence-corrected chi connectivity index (χ0v) is 11.8. The summed E-state index contributed by atoms with van der Waals surface area (Å²) in [6.07, 6.45) is 4.16. The van der Waals surface area contributed by atoms with Gasteiger partial charge in [-0.2, -0.15) is 0 Å². The molecule has 0 aliphatic carbocycles. The highest BCUT2D eigenvalue weighted by Gasteiger charge is 2.12. The van der Waals surface area contributed by atoms with Crippen LogP contribution in [0.25, 0.3) is 10.2 Å². The summed E-state index contributed by atoms with van der Waals surface area (Å²) in [4.78, 5) is 9.11. The molecule has 0 atom stereocenters. The quantitative estimate of drug-likeness (QED) is 0.814. The van der Waals surface area contributed by atoms with Crippen LogP contribution in [-0.4, -0.2) is 9.97 Å². The predicted molar refractivity (Wildman–Crippen MR) is 74.5 cm³/mol. The number of fused-ring (bicyclic) bond motifs is 1. The summed E-state index contributed by atoms with van der Waals surface area (Å²) in [7, 11) is 0. The fourth-order valence-electron chi connectivity index (χ4n) is 2.08. The molecule has 2 aromatic rings. The van der Waals surface area contributed by atoms with Gasteiger partial charge in [0.05, 0.1) is 15.9 Å². The number of aromatic nitrogens is 2. The molecule has 2 rings (SSSR count). The van der Waals surface area contributed by atoms with E-state index in [0.717, 1.165) is 24.1 Å². The third kappa shape index (κ3) is 2.83. The van der Waals surface area contributed by atoms with Gasteiger partial charge in [-0.3, -0.25) is 4.98 Å². The number of hydrogen-bond acceptors (Lipinski definition) is 3. The molecule has 0 saturated heterocycles. The van der Waals surface area contributed by atoms with Crippen molar-refractivity contribution in [2.24, 2.45) is 11.8 Å². The molecule has 0 fully saturated rings. The highest BCUT2D eigenvalue weighted by Crippen LogP contribution is 2.27. The predicted octanol–water partition coefficient (Wildman–Crippen LogP) is 4.09. The molecule has 0 N–H and O–H groups in total. The van der Waals surface area contributed by atoms with Gasteiger partial charge in [0, 0.05) is 6.20 Å². The molecule has 0 aliphatic rings. The van der Waals surface area contributed by atoms with E-state index in [1.165, 1.54) is 10.3 Å². The third-order valence-electron chi connectivity index (χ3n) is 2.74. The Bertz CT molecular complexity index is 456.